The standard InChI is InChI=1S/C18H27FN4O4/c1-18(2,3)27-17(24)22-8-13(7-19)12-26-15-9-20-16(21-10-15)23-6-5-14(11-23)25-4/h7,9-10,14H,5-6,8,11-12H2,1-4H3,(H,22,24)/b13-7+. The molecule has 0 bridgehead atoms. The highest BCUT2D eigenvalue weighted by atomic mass is 19.1. The number of hydrogen-bond acceptors (Lipinski definition) is 7. The fourth-order valence-corrected chi connectivity index (χ4v) is 2.45. The quantitative estimate of drug-likeness (QED) is 0.775. The fourth-order valence-electron chi connectivity index (χ4n) is 2.45. The molecule has 0 spiro atoms. The molecule has 1 unspecified atom stereocenters. The Morgan fingerprint density at radius 3 is 2.67 bits per heavy atom. The number of hydrogen-bond donors (Lipinski definition) is 1. The lowest BCUT2D eigenvalue weighted by Gasteiger charge is -2.20. The molecule has 1 saturated heterocycles. The van der Waals surface area contributed by atoms with Crippen molar-refractivity contribution in [1.29, 1.82) is 0 Å². The Kier molecular flexibility index (Phi) is 7.35. The molecular weight excluding hydrogens is 355 g/mol. The van der Waals surface area contributed by atoms with Crippen LogP contribution in [0, 0.1) is 0 Å². The molecule has 9 heteroatoms. The van der Waals surface area contributed by atoms with Gasteiger partial charge in [-0.15, -0.1) is 0 Å². The van der Waals surface area contributed by atoms with E-state index in [9.17, 15) is 9.18 Å². The molecule has 0 radical (unpaired) electrons. The predicted octanol–water partition coefficient (Wildman–Crippen LogP) is 2.46. The van der Waals surface area contributed by atoms with Crippen LogP contribution in [-0.2, 0) is 9.47 Å². The third kappa shape index (κ3) is 7.01. The number of aromatic nitrogens is 2. The van der Waals surface area contributed by atoms with Gasteiger partial charge in [-0.2, -0.15) is 0 Å². The molecule has 150 valence electrons. The van der Waals surface area contributed by atoms with Gasteiger partial charge < -0.3 is 24.4 Å². The van der Waals surface area contributed by atoms with Gasteiger partial charge in [0.05, 0.1) is 24.8 Å². The summed E-state index contributed by atoms with van der Waals surface area (Å²) in [6.07, 6.45) is 4.00. The molecule has 8 nitrogen and oxygen atoms in total. The van der Waals surface area contributed by atoms with Gasteiger partial charge in [0, 0.05) is 32.3 Å². The third-order valence-electron chi connectivity index (χ3n) is 3.81. The second kappa shape index (κ2) is 9.50. The van der Waals surface area contributed by atoms with Crippen LogP contribution in [0.4, 0.5) is 15.1 Å². The third-order valence-corrected chi connectivity index (χ3v) is 3.81. The van der Waals surface area contributed by atoms with E-state index in [0.717, 1.165) is 19.5 Å². The second-order valence-electron chi connectivity index (χ2n) is 7.22. The average molecular weight is 382 g/mol. The van der Waals surface area contributed by atoms with Crippen LogP contribution in [-0.4, -0.2) is 61.1 Å². The molecule has 1 N–H and O–H groups in total. The zero-order valence-corrected chi connectivity index (χ0v) is 16.2. The molecule has 0 saturated carbocycles. The number of nitrogens with one attached hydrogen (secondary N) is 1. The van der Waals surface area contributed by atoms with Crippen molar-refractivity contribution < 1.29 is 23.4 Å². The topological polar surface area (TPSA) is 85.8 Å². The predicted molar refractivity (Wildman–Crippen MR) is 98.6 cm³/mol. The number of nitrogens with zero attached hydrogens (tertiary/aromatic N) is 3. The van der Waals surface area contributed by atoms with Crippen LogP contribution in [0.1, 0.15) is 27.2 Å². The number of amides is 1. The number of anilines is 1. The summed E-state index contributed by atoms with van der Waals surface area (Å²) in [6.45, 7) is 6.79. The van der Waals surface area contributed by atoms with Gasteiger partial charge in [0.25, 0.3) is 0 Å². The van der Waals surface area contributed by atoms with E-state index in [1.165, 1.54) is 0 Å². The first kappa shape index (κ1) is 20.9. The molecule has 1 aliphatic heterocycles. The molecule has 1 fully saturated rings. The lowest BCUT2D eigenvalue weighted by Crippen LogP contribution is -2.34. The molecule has 27 heavy (non-hydrogen) atoms. The summed E-state index contributed by atoms with van der Waals surface area (Å²) >= 11 is 0. The Bertz CT molecular complexity index is 646. The van der Waals surface area contributed by atoms with Crippen LogP contribution < -0.4 is 15.0 Å². The highest BCUT2D eigenvalue weighted by Gasteiger charge is 2.23. The summed E-state index contributed by atoms with van der Waals surface area (Å²) in [4.78, 5) is 22.2. The number of alkyl carbamates (subject to hydrolysis) is 1. The highest BCUT2D eigenvalue weighted by molar-refractivity contribution is 5.68. The molecular formula is C18H27FN4O4. The van der Waals surface area contributed by atoms with E-state index >= 15 is 0 Å². The Labute approximate surface area is 158 Å². The van der Waals surface area contributed by atoms with Gasteiger partial charge in [0.1, 0.15) is 12.2 Å². The summed E-state index contributed by atoms with van der Waals surface area (Å²) in [7, 11) is 1.69. The zero-order valence-electron chi connectivity index (χ0n) is 16.2. The maximum atomic E-state index is 13.0. The van der Waals surface area contributed by atoms with Gasteiger partial charge in [-0.05, 0) is 27.2 Å². The SMILES string of the molecule is COC1CCN(c2ncc(OC/C(=C/F)CNC(=O)OC(C)(C)C)cn2)C1. The van der Waals surface area contributed by atoms with Crippen LogP contribution in [0.25, 0.3) is 0 Å². The minimum absolute atomic E-state index is 0.0173. The van der Waals surface area contributed by atoms with Crippen LogP contribution in [0.5, 0.6) is 5.75 Å². The average Bonchev–Trinajstić information content (AvgIpc) is 3.10. The van der Waals surface area contributed by atoms with Gasteiger partial charge in [0.2, 0.25) is 5.95 Å². The Balaban J connectivity index is 1.78. The Morgan fingerprint density at radius 2 is 2.11 bits per heavy atom. The minimum Gasteiger partial charge on any atom is -0.486 e. The molecule has 1 atom stereocenters. The van der Waals surface area contributed by atoms with Crippen molar-refractivity contribution in [2.75, 3.05) is 38.3 Å². The second-order valence-corrected chi connectivity index (χ2v) is 7.22. The van der Waals surface area contributed by atoms with Crippen LogP contribution in [0.15, 0.2) is 24.3 Å². The molecule has 1 aliphatic rings. The lowest BCUT2D eigenvalue weighted by molar-refractivity contribution is 0.0531. The fraction of sp³-hybridized carbons (Fsp3) is 0.611. The van der Waals surface area contributed by atoms with E-state index in [1.807, 2.05) is 4.90 Å². The molecule has 0 aliphatic carbocycles. The summed E-state index contributed by atoms with van der Waals surface area (Å²) in [5, 5.41) is 2.48. The van der Waals surface area contributed by atoms with Crippen molar-refractivity contribution >= 4 is 12.0 Å². The minimum atomic E-state index is -0.616. The maximum absolute atomic E-state index is 13.0. The zero-order chi connectivity index (χ0) is 19.9. The number of ether oxygens (including phenoxy) is 3. The van der Waals surface area contributed by atoms with Crippen molar-refractivity contribution in [2.45, 2.75) is 38.9 Å². The molecule has 2 rings (SSSR count). The Morgan fingerprint density at radius 1 is 1.41 bits per heavy atom. The molecule has 1 aromatic heterocycles. The summed E-state index contributed by atoms with van der Waals surface area (Å²) in [6, 6.07) is 0. The maximum Gasteiger partial charge on any atom is 0.407 e. The number of carbonyl (C=O) groups is 1. The summed E-state index contributed by atoms with van der Waals surface area (Å²) < 4.78 is 28.9. The first-order chi connectivity index (χ1) is 12.8. The smallest absolute Gasteiger partial charge is 0.407 e. The molecule has 1 aromatic rings. The van der Waals surface area contributed by atoms with E-state index in [-0.39, 0.29) is 24.8 Å². The van der Waals surface area contributed by atoms with Gasteiger partial charge in [-0.25, -0.2) is 19.2 Å². The summed E-state index contributed by atoms with van der Waals surface area (Å²) in [5.74, 6) is 1.02. The van der Waals surface area contributed by atoms with E-state index in [2.05, 4.69) is 15.3 Å². The first-order valence-corrected chi connectivity index (χ1v) is 8.78. The monoisotopic (exact) mass is 382 g/mol. The number of halogens is 1. The van der Waals surface area contributed by atoms with Gasteiger partial charge >= 0.3 is 6.09 Å². The van der Waals surface area contributed by atoms with Crippen molar-refractivity contribution in [3.63, 3.8) is 0 Å². The van der Waals surface area contributed by atoms with E-state index < -0.39 is 11.7 Å². The van der Waals surface area contributed by atoms with Crippen molar-refractivity contribution in [3.8, 4) is 5.75 Å². The van der Waals surface area contributed by atoms with Gasteiger partial charge in [-0.1, -0.05) is 0 Å². The number of methoxy groups -OCH3 is 1. The van der Waals surface area contributed by atoms with Crippen molar-refractivity contribution in [1.82, 2.24) is 15.3 Å². The molecule has 2 heterocycles. The number of carbonyl (C=O) groups excluding carboxylic acids is 1. The number of rotatable bonds is 7. The van der Waals surface area contributed by atoms with Crippen LogP contribution >= 0.6 is 0 Å². The van der Waals surface area contributed by atoms with E-state index in [1.54, 1.807) is 40.3 Å². The summed E-state index contributed by atoms with van der Waals surface area (Å²) in [5.41, 5.74) is -0.356. The van der Waals surface area contributed by atoms with Gasteiger partial charge in [-0.3, -0.25) is 0 Å². The molecule has 1 amide bonds. The molecule has 0 aromatic carbocycles. The van der Waals surface area contributed by atoms with Crippen molar-refractivity contribution in [3.05, 3.63) is 24.3 Å². The largest absolute Gasteiger partial charge is 0.486 e. The highest BCUT2D eigenvalue weighted by Crippen LogP contribution is 2.19. The van der Waals surface area contributed by atoms with Gasteiger partial charge in [0.15, 0.2) is 5.75 Å². The van der Waals surface area contributed by atoms with E-state index in [4.69, 9.17) is 14.2 Å². The Hall–Kier alpha value is -2.42. The van der Waals surface area contributed by atoms with Crippen molar-refractivity contribution in [2.24, 2.45) is 0 Å². The van der Waals surface area contributed by atoms with Crippen LogP contribution in [0.3, 0.4) is 0 Å². The lowest BCUT2D eigenvalue weighted by atomic mass is 10.2. The van der Waals surface area contributed by atoms with Crippen LogP contribution in [0.2, 0.25) is 0 Å². The normalized spacial score (nSPS) is 17.7. The van der Waals surface area contributed by atoms with E-state index in [0.29, 0.717) is 18.0 Å². The first-order valence-electron chi connectivity index (χ1n) is 8.78.